The quantitative estimate of drug-likeness (QED) is 0.160. The van der Waals surface area contributed by atoms with Gasteiger partial charge in [-0.25, -0.2) is 0 Å². The van der Waals surface area contributed by atoms with E-state index in [4.69, 9.17) is 0 Å². The largest absolute Gasteiger partial charge is 0.0651 e. The van der Waals surface area contributed by atoms with E-state index in [2.05, 4.69) is 34.6 Å². The van der Waals surface area contributed by atoms with Crippen LogP contribution in [0.3, 0.4) is 0 Å². The molecule has 0 N–H and O–H groups in total. The predicted octanol–water partition coefficient (Wildman–Crippen LogP) is 10.7. The summed E-state index contributed by atoms with van der Waals surface area (Å²) in [6.07, 6.45) is 29.3. The van der Waals surface area contributed by atoms with Crippen LogP contribution < -0.4 is 0 Å². The van der Waals surface area contributed by atoms with Gasteiger partial charge in [-0.1, -0.05) is 163 Å². The molecule has 2 unspecified atom stereocenters. The van der Waals surface area contributed by atoms with Crippen molar-refractivity contribution < 1.29 is 0 Å². The third kappa shape index (κ3) is 22.3. The lowest BCUT2D eigenvalue weighted by Crippen LogP contribution is -1.95. The molecular weight excluding hydrogens is 336 g/mol. The third-order valence-corrected chi connectivity index (χ3v) is 6.82. The average Bonchev–Trinajstić information content (AvgIpc) is 2.67. The van der Waals surface area contributed by atoms with Gasteiger partial charge < -0.3 is 0 Å². The molecule has 0 heterocycles. The summed E-state index contributed by atoms with van der Waals surface area (Å²) in [5, 5.41) is 0. The van der Waals surface area contributed by atoms with Gasteiger partial charge in [0.15, 0.2) is 0 Å². The highest BCUT2D eigenvalue weighted by atomic mass is 14.1. The van der Waals surface area contributed by atoms with Gasteiger partial charge in [-0.15, -0.1) is 0 Å². The summed E-state index contributed by atoms with van der Waals surface area (Å²) in [5.74, 6) is 2.80. The van der Waals surface area contributed by atoms with Crippen LogP contribution >= 0.6 is 0 Å². The zero-order valence-electron chi connectivity index (χ0n) is 20.9. The van der Waals surface area contributed by atoms with Gasteiger partial charge in [0.1, 0.15) is 0 Å². The second-order valence-corrected chi connectivity index (χ2v) is 10.5. The lowest BCUT2D eigenvalue weighted by Gasteiger charge is -2.11. The molecule has 0 aliphatic rings. The van der Waals surface area contributed by atoms with E-state index in [1.54, 1.807) is 0 Å². The van der Waals surface area contributed by atoms with Crippen molar-refractivity contribution in [1.82, 2.24) is 0 Å². The molecule has 28 heavy (non-hydrogen) atoms. The first-order chi connectivity index (χ1) is 13.6. The highest BCUT2D eigenvalue weighted by molar-refractivity contribution is 4.57. The van der Waals surface area contributed by atoms with Crippen LogP contribution in [0.1, 0.15) is 163 Å². The standard InChI is InChI=1S/C28H58/c1-6-27(4)23-19-15-10-8-7-9-11-16-20-24-28(5)25-21-17-13-12-14-18-22-26(2)3/h26-28H,6-25H2,1-5H3. The molecule has 0 saturated heterocycles. The highest BCUT2D eigenvalue weighted by Crippen LogP contribution is 2.19. The Balaban J connectivity index is 3.18. The number of rotatable bonds is 22. The maximum atomic E-state index is 2.49. The van der Waals surface area contributed by atoms with Crippen LogP contribution in [0.25, 0.3) is 0 Å². The van der Waals surface area contributed by atoms with E-state index >= 15 is 0 Å². The van der Waals surface area contributed by atoms with Gasteiger partial charge in [-0.3, -0.25) is 0 Å². The fourth-order valence-corrected chi connectivity index (χ4v) is 4.32. The fourth-order valence-electron chi connectivity index (χ4n) is 4.32. The first-order valence-electron chi connectivity index (χ1n) is 13.6. The monoisotopic (exact) mass is 394 g/mol. The smallest absolute Gasteiger partial charge is 0.0443 e. The van der Waals surface area contributed by atoms with Crippen molar-refractivity contribution in [1.29, 1.82) is 0 Å². The molecule has 0 heteroatoms. The van der Waals surface area contributed by atoms with Crippen LogP contribution in [0.5, 0.6) is 0 Å². The van der Waals surface area contributed by atoms with Gasteiger partial charge in [0.2, 0.25) is 0 Å². The maximum Gasteiger partial charge on any atom is -0.0443 e. The van der Waals surface area contributed by atoms with Crippen molar-refractivity contribution in [2.24, 2.45) is 17.8 Å². The molecule has 0 bridgehead atoms. The van der Waals surface area contributed by atoms with Gasteiger partial charge in [0.25, 0.3) is 0 Å². The van der Waals surface area contributed by atoms with Crippen LogP contribution in [-0.2, 0) is 0 Å². The summed E-state index contributed by atoms with van der Waals surface area (Å²) < 4.78 is 0. The predicted molar refractivity (Wildman–Crippen MR) is 131 cm³/mol. The molecule has 0 saturated carbocycles. The Labute approximate surface area is 181 Å². The Bertz CT molecular complexity index is 280. The number of unbranched alkanes of at least 4 members (excludes halogenated alkanes) is 13. The second kappa shape index (κ2) is 21.7. The summed E-state index contributed by atoms with van der Waals surface area (Å²) in [7, 11) is 0. The molecule has 0 rings (SSSR count). The van der Waals surface area contributed by atoms with Crippen LogP contribution in [0.15, 0.2) is 0 Å². The molecule has 0 amide bonds. The van der Waals surface area contributed by atoms with Crippen LogP contribution in [0.4, 0.5) is 0 Å². The van der Waals surface area contributed by atoms with Crippen LogP contribution in [-0.4, -0.2) is 0 Å². The van der Waals surface area contributed by atoms with Crippen molar-refractivity contribution in [3.63, 3.8) is 0 Å². The minimum Gasteiger partial charge on any atom is -0.0651 e. The normalized spacial score (nSPS) is 13.9. The third-order valence-electron chi connectivity index (χ3n) is 6.82. The first kappa shape index (κ1) is 28.0. The molecule has 0 aromatic rings. The van der Waals surface area contributed by atoms with Crippen molar-refractivity contribution in [2.75, 3.05) is 0 Å². The van der Waals surface area contributed by atoms with Gasteiger partial charge >= 0.3 is 0 Å². The fraction of sp³-hybridized carbons (Fsp3) is 1.00. The van der Waals surface area contributed by atoms with Crippen molar-refractivity contribution in [3.05, 3.63) is 0 Å². The van der Waals surface area contributed by atoms with E-state index in [0.717, 1.165) is 17.8 Å². The van der Waals surface area contributed by atoms with Crippen molar-refractivity contribution in [3.8, 4) is 0 Å². The van der Waals surface area contributed by atoms with Gasteiger partial charge in [-0.05, 0) is 17.8 Å². The minimum absolute atomic E-state index is 0.894. The van der Waals surface area contributed by atoms with Gasteiger partial charge in [-0.2, -0.15) is 0 Å². The molecule has 0 aliphatic heterocycles. The topological polar surface area (TPSA) is 0 Å². The summed E-state index contributed by atoms with van der Waals surface area (Å²) in [4.78, 5) is 0. The maximum absolute atomic E-state index is 2.49. The molecular formula is C28H58. The lowest BCUT2D eigenvalue weighted by atomic mass is 9.95. The van der Waals surface area contributed by atoms with E-state index in [1.807, 2.05) is 0 Å². The molecule has 0 aliphatic carbocycles. The second-order valence-electron chi connectivity index (χ2n) is 10.5. The molecule has 2 atom stereocenters. The van der Waals surface area contributed by atoms with Gasteiger partial charge in [0.05, 0.1) is 0 Å². The molecule has 170 valence electrons. The minimum atomic E-state index is 0.894. The highest BCUT2D eigenvalue weighted by Gasteiger charge is 2.03. The van der Waals surface area contributed by atoms with E-state index in [-0.39, 0.29) is 0 Å². The average molecular weight is 395 g/mol. The summed E-state index contributed by atoms with van der Waals surface area (Å²) >= 11 is 0. The number of hydrogen-bond acceptors (Lipinski definition) is 0. The van der Waals surface area contributed by atoms with E-state index < -0.39 is 0 Å². The molecule has 0 nitrogen and oxygen atoms in total. The molecule has 0 spiro atoms. The summed E-state index contributed by atoms with van der Waals surface area (Å²) in [6.45, 7) is 11.9. The van der Waals surface area contributed by atoms with E-state index in [9.17, 15) is 0 Å². The Kier molecular flexibility index (Phi) is 21.7. The molecule has 0 radical (unpaired) electrons. The zero-order valence-corrected chi connectivity index (χ0v) is 20.9. The Morgan fingerprint density at radius 3 is 0.964 bits per heavy atom. The molecule has 0 aromatic heterocycles. The van der Waals surface area contributed by atoms with E-state index in [0.29, 0.717) is 0 Å². The van der Waals surface area contributed by atoms with Crippen molar-refractivity contribution in [2.45, 2.75) is 163 Å². The Morgan fingerprint density at radius 2 is 0.643 bits per heavy atom. The van der Waals surface area contributed by atoms with Crippen molar-refractivity contribution >= 4 is 0 Å². The Hall–Kier alpha value is 0. The number of hydrogen-bond donors (Lipinski definition) is 0. The lowest BCUT2D eigenvalue weighted by molar-refractivity contribution is 0.428. The summed E-state index contributed by atoms with van der Waals surface area (Å²) in [5.41, 5.74) is 0. The van der Waals surface area contributed by atoms with Crippen LogP contribution in [0, 0.1) is 17.8 Å². The molecule has 0 fully saturated rings. The van der Waals surface area contributed by atoms with Gasteiger partial charge in [0, 0.05) is 0 Å². The SMILES string of the molecule is CCC(C)CCCCCCCCCCCC(C)CCCCCCCCC(C)C. The van der Waals surface area contributed by atoms with Crippen LogP contribution in [0.2, 0.25) is 0 Å². The Morgan fingerprint density at radius 1 is 0.357 bits per heavy atom. The zero-order chi connectivity index (χ0) is 20.9. The summed E-state index contributed by atoms with van der Waals surface area (Å²) in [6, 6.07) is 0. The van der Waals surface area contributed by atoms with E-state index in [1.165, 1.54) is 128 Å². The molecule has 0 aromatic carbocycles. The first-order valence-corrected chi connectivity index (χ1v) is 13.6.